The minimum atomic E-state index is -5.01. The van der Waals surface area contributed by atoms with E-state index in [1.54, 1.807) is 0 Å². The summed E-state index contributed by atoms with van der Waals surface area (Å²) in [7, 11) is -10.0. The number of hydrogen-bond acceptors (Lipinski definition) is 15. The van der Waals surface area contributed by atoms with Gasteiger partial charge < -0.3 is 33.8 Å². The molecule has 0 amide bonds. The van der Waals surface area contributed by atoms with Gasteiger partial charge in [0.05, 0.1) is 26.4 Å². The van der Waals surface area contributed by atoms with E-state index in [9.17, 15) is 43.2 Å². The third-order valence-corrected chi connectivity index (χ3v) is 19.0. The number of carbonyl (C=O) groups is 4. The Balaban J connectivity index is 5.49. The molecule has 0 aliphatic heterocycles. The van der Waals surface area contributed by atoms with Crippen molar-refractivity contribution >= 4 is 39.5 Å². The van der Waals surface area contributed by atoms with Gasteiger partial charge in [-0.25, -0.2) is 9.13 Å². The molecule has 0 saturated heterocycles. The van der Waals surface area contributed by atoms with Crippen LogP contribution in [0.3, 0.4) is 0 Å². The lowest BCUT2D eigenvalue weighted by atomic mass is 10.1. The highest BCUT2D eigenvalue weighted by atomic mass is 31.2. The van der Waals surface area contributed by atoms with Crippen molar-refractivity contribution < 1.29 is 80.2 Å². The number of allylic oxidation sites excluding steroid dienone is 22. The molecule has 0 heterocycles. The number of aliphatic hydroxyl groups is 1. The van der Waals surface area contributed by atoms with Crippen LogP contribution in [-0.4, -0.2) is 96.7 Å². The third kappa shape index (κ3) is 77.4. The van der Waals surface area contributed by atoms with E-state index in [1.165, 1.54) is 103 Å². The summed E-state index contributed by atoms with van der Waals surface area (Å²) in [5.41, 5.74) is 0. The Morgan fingerprint density at radius 3 is 0.830 bits per heavy atom. The molecule has 0 radical (unpaired) electrons. The molecule has 0 aliphatic rings. The molecule has 0 fully saturated rings. The third-order valence-electron chi connectivity index (χ3n) is 17.1. The summed E-state index contributed by atoms with van der Waals surface area (Å²) < 4.78 is 68.6. The number of rotatable bonds is 77. The summed E-state index contributed by atoms with van der Waals surface area (Å²) >= 11 is 0. The molecule has 17 nitrogen and oxygen atoms in total. The average Bonchev–Trinajstić information content (AvgIpc) is 0.902. The van der Waals surface area contributed by atoms with Gasteiger partial charge >= 0.3 is 39.5 Å². The van der Waals surface area contributed by atoms with Crippen LogP contribution in [0.4, 0.5) is 0 Å². The van der Waals surface area contributed by atoms with Crippen LogP contribution in [0.5, 0.6) is 0 Å². The number of phosphoric acid groups is 2. The number of hydrogen-bond donors (Lipinski definition) is 3. The van der Waals surface area contributed by atoms with Crippen LogP contribution >= 0.6 is 15.6 Å². The zero-order valence-electron chi connectivity index (χ0n) is 66.6. The summed E-state index contributed by atoms with van der Waals surface area (Å²) in [5, 5.41) is 10.7. The van der Waals surface area contributed by atoms with E-state index in [0.29, 0.717) is 38.5 Å². The first-order valence-electron chi connectivity index (χ1n) is 41.4. The smallest absolute Gasteiger partial charge is 0.462 e. The molecule has 106 heavy (non-hydrogen) atoms. The van der Waals surface area contributed by atoms with Crippen molar-refractivity contribution in [3.05, 3.63) is 134 Å². The molecule has 0 bridgehead atoms. The number of carbonyl (C=O) groups excluding carboxylic acids is 4. The number of esters is 4. The van der Waals surface area contributed by atoms with Crippen LogP contribution in [0.1, 0.15) is 336 Å². The standard InChI is InChI=1S/C87H148O17P2/c1-5-9-13-17-21-25-29-33-37-39-40-42-45-48-52-56-60-64-68-72-85(90)98-78-83(104-87(92)74-70-66-62-58-54-50-46-41-38-34-30-26-22-18-14-10-6-2)80-102-106(95,96)100-76-81(88)75-99-105(93,94)101-79-82(103-86(91)73-69-65-61-57-53-49-44-36-32-28-24-20-16-12-8-4)77-97-84(89)71-67-63-59-55-51-47-43-35-31-27-23-19-15-11-7-3/h21-22,25-28,31-34,37-38,40,42,46,48,50,52,58,60,62,64,81-83,88H,5-20,23-24,29-30,35-36,39,41,43-45,47,49,51,53-57,59,61,63,65-80H2,1-4H3,(H,93,94)(H,95,96)/b25-21-,26-22-,31-27-,32-28-,37-33-,38-34-,42-40-,50-46-,52-48-,62-58-,64-60-/t81-,82+,83+/m0/s1. The van der Waals surface area contributed by atoms with E-state index >= 15 is 0 Å². The van der Waals surface area contributed by atoms with Crippen molar-refractivity contribution in [3.63, 3.8) is 0 Å². The first kappa shape index (κ1) is 101. The Labute approximate surface area is 644 Å². The Kier molecular flexibility index (Phi) is 74.8. The number of ether oxygens (including phenoxy) is 4. The molecule has 2 unspecified atom stereocenters. The first-order valence-corrected chi connectivity index (χ1v) is 44.4. The van der Waals surface area contributed by atoms with Crippen LogP contribution < -0.4 is 0 Å². The normalized spacial score (nSPS) is 14.5. The topological polar surface area (TPSA) is 237 Å². The zero-order chi connectivity index (χ0) is 77.4. The van der Waals surface area contributed by atoms with Crippen LogP contribution in [0.15, 0.2) is 134 Å². The highest BCUT2D eigenvalue weighted by molar-refractivity contribution is 7.47. The summed E-state index contributed by atoms with van der Waals surface area (Å²) in [6.07, 6.45) is 88.7. The highest BCUT2D eigenvalue weighted by Gasteiger charge is 2.30. The second-order valence-corrected chi connectivity index (χ2v) is 30.3. The molecule has 608 valence electrons. The first-order chi connectivity index (χ1) is 51.7. The van der Waals surface area contributed by atoms with Crippen molar-refractivity contribution in [1.82, 2.24) is 0 Å². The lowest BCUT2D eigenvalue weighted by Gasteiger charge is -2.21. The zero-order valence-corrected chi connectivity index (χ0v) is 68.4. The van der Waals surface area contributed by atoms with Gasteiger partial charge in [-0.3, -0.25) is 37.3 Å². The van der Waals surface area contributed by atoms with E-state index in [2.05, 4.69) is 131 Å². The minimum Gasteiger partial charge on any atom is -0.462 e. The SMILES string of the molecule is CCCCC/C=C\C/C=C\C/C=C\C/C=C\C/C=C\CCC(=O)OC[C@H](COP(=O)(O)OC[C@@H](O)COP(=O)(O)OC[C@@H](COC(=O)CCCCCCCCC/C=C\CCCCCC)OC(=O)CCCCCCCCC/C=C\CCCCCC)OC(=O)CCC/C=C\C/C=C\C/C=C\C/C=C\CCCCC. The van der Waals surface area contributed by atoms with Crippen LogP contribution in [0, 0.1) is 0 Å². The monoisotopic (exact) mass is 1530 g/mol. The molecule has 5 atom stereocenters. The summed E-state index contributed by atoms with van der Waals surface area (Å²) in [6.45, 7) is 4.66. The fourth-order valence-electron chi connectivity index (χ4n) is 10.7. The lowest BCUT2D eigenvalue weighted by molar-refractivity contribution is -0.161. The largest absolute Gasteiger partial charge is 0.472 e. The van der Waals surface area contributed by atoms with Crippen molar-refractivity contribution in [1.29, 1.82) is 0 Å². The Bertz CT molecular complexity index is 2530. The van der Waals surface area contributed by atoms with Crippen LogP contribution in [0.25, 0.3) is 0 Å². The molecule has 0 aromatic heterocycles. The van der Waals surface area contributed by atoms with Crippen molar-refractivity contribution in [3.8, 4) is 0 Å². The van der Waals surface area contributed by atoms with Crippen LogP contribution in [0.2, 0.25) is 0 Å². The van der Waals surface area contributed by atoms with Gasteiger partial charge in [0, 0.05) is 25.7 Å². The molecule has 19 heteroatoms. The van der Waals surface area contributed by atoms with Gasteiger partial charge in [0.1, 0.15) is 19.3 Å². The molecule has 3 N–H and O–H groups in total. The minimum absolute atomic E-state index is 0.000662. The maximum absolute atomic E-state index is 13.1. The average molecular weight is 1530 g/mol. The summed E-state index contributed by atoms with van der Waals surface area (Å²) in [6, 6.07) is 0. The Morgan fingerprint density at radius 2 is 0.491 bits per heavy atom. The predicted octanol–water partition coefficient (Wildman–Crippen LogP) is 24.4. The predicted molar refractivity (Wildman–Crippen MR) is 436 cm³/mol. The van der Waals surface area contributed by atoms with Gasteiger partial charge in [0.25, 0.3) is 0 Å². The van der Waals surface area contributed by atoms with Gasteiger partial charge in [-0.15, -0.1) is 0 Å². The van der Waals surface area contributed by atoms with Gasteiger partial charge in [0.15, 0.2) is 12.2 Å². The van der Waals surface area contributed by atoms with Crippen molar-refractivity contribution in [2.75, 3.05) is 39.6 Å². The fraction of sp³-hybridized carbons (Fsp3) is 0.701. The molecular weight excluding hydrogens is 1380 g/mol. The van der Waals surface area contributed by atoms with E-state index in [0.717, 1.165) is 141 Å². The van der Waals surface area contributed by atoms with Crippen molar-refractivity contribution in [2.24, 2.45) is 0 Å². The molecule has 0 aromatic rings. The molecule has 0 aromatic carbocycles. The number of aliphatic hydroxyl groups excluding tert-OH is 1. The molecular formula is C87H148O17P2. The second-order valence-electron chi connectivity index (χ2n) is 27.3. The van der Waals surface area contributed by atoms with Gasteiger partial charge in [-0.2, -0.15) is 0 Å². The summed E-state index contributed by atoms with van der Waals surface area (Å²) in [4.78, 5) is 73.1. The summed E-state index contributed by atoms with van der Waals surface area (Å²) in [5.74, 6) is -2.34. The van der Waals surface area contributed by atoms with Gasteiger partial charge in [0.2, 0.25) is 0 Å². The number of unbranched alkanes of at least 4 members (excludes halogenated alkanes) is 29. The maximum Gasteiger partial charge on any atom is 0.472 e. The highest BCUT2D eigenvalue weighted by Crippen LogP contribution is 2.45. The fourth-order valence-corrected chi connectivity index (χ4v) is 12.3. The second kappa shape index (κ2) is 78.3. The van der Waals surface area contributed by atoms with Crippen molar-refractivity contribution in [2.45, 2.75) is 354 Å². The lowest BCUT2D eigenvalue weighted by Crippen LogP contribution is -2.30. The van der Waals surface area contributed by atoms with Gasteiger partial charge in [-0.1, -0.05) is 290 Å². The molecule has 0 aliphatic carbocycles. The molecule has 0 rings (SSSR count). The van der Waals surface area contributed by atoms with E-state index in [1.807, 2.05) is 30.4 Å². The van der Waals surface area contributed by atoms with E-state index in [4.69, 9.17) is 37.0 Å². The van der Waals surface area contributed by atoms with Gasteiger partial charge in [-0.05, 0) is 154 Å². The maximum atomic E-state index is 13.1. The number of phosphoric ester groups is 2. The van der Waals surface area contributed by atoms with E-state index in [-0.39, 0.29) is 25.7 Å². The molecule has 0 spiro atoms. The quantitative estimate of drug-likeness (QED) is 0.0169. The Hall–Kier alpha value is -4.80. The van der Waals surface area contributed by atoms with Crippen LogP contribution in [-0.2, 0) is 65.4 Å². The Morgan fingerprint density at radius 1 is 0.264 bits per heavy atom. The molecule has 0 saturated carbocycles. The van der Waals surface area contributed by atoms with E-state index < -0.39 is 97.5 Å².